The normalized spacial score (nSPS) is 11.3. The van der Waals surface area contributed by atoms with Gasteiger partial charge >= 0.3 is 5.97 Å². The molecule has 2 aromatic carbocycles. The SMILES string of the molecule is COc1ccc(/C(=N/OC(C)=O)c2cccc(F)c2F)c(O)c1Cl. The Balaban J connectivity index is 2.69. The number of halogens is 3. The van der Waals surface area contributed by atoms with E-state index >= 15 is 0 Å². The topological polar surface area (TPSA) is 68.1 Å². The fourth-order valence-electron chi connectivity index (χ4n) is 1.93. The molecule has 0 fully saturated rings. The monoisotopic (exact) mass is 355 g/mol. The van der Waals surface area contributed by atoms with E-state index < -0.39 is 23.4 Å². The number of rotatable bonds is 4. The molecule has 2 rings (SSSR count). The quantitative estimate of drug-likeness (QED) is 0.516. The first-order valence-corrected chi connectivity index (χ1v) is 7.00. The van der Waals surface area contributed by atoms with Gasteiger partial charge < -0.3 is 14.7 Å². The number of hydrogen-bond donors (Lipinski definition) is 1. The molecule has 24 heavy (non-hydrogen) atoms. The van der Waals surface area contributed by atoms with E-state index in [2.05, 4.69) is 9.99 Å². The molecule has 8 heteroatoms. The van der Waals surface area contributed by atoms with Gasteiger partial charge in [-0.3, -0.25) is 0 Å². The van der Waals surface area contributed by atoms with Gasteiger partial charge in [-0.1, -0.05) is 22.8 Å². The third-order valence-electron chi connectivity index (χ3n) is 3.03. The average molecular weight is 356 g/mol. The van der Waals surface area contributed by atoms with E-state index in [1.807, 2.05) is 0 Å². The zero-order valence-corrected chi connectivity index (χ0v) is 13.4. The van der Waals surface area contributed by atoms with Crippen LogP contribution in [0.5, 0.6) is 11.5 Å². The molecule has 0 aromatic heterocycles. The van der Waals surface area contributed by atoms with Crippen LogP contribution in [-0.4, -0.2) is 23.9 Å². The van der Waals surface area contributed by atoms with E-state index in [4.69, 9.17) is 16.3 Å². The van der Waals surface area contributed by atoms with Crippen LogP contribution < -0.4 is 4.74 Å². The van der Waals surface area contributed by atoms with Gasteiger partial charge in [0.1, 0.15) is 22.2 Å². The number of nitrogens with zero attached hydrogens (tertiary/aromatic N) is 1. The first kappa shape index (κ1) is 17.7. The van der Waals surface area contributed by atoms with E-state index in [1.54, 1.807) is 0 Å². The third-order valence-corrected chi connectivity index (χ3v) is 3.39. The molecule has 1 N–H and O–H groups in total. The molecule has 0 aliphatic rings. The lowest BCUT2D eigenvalue weighted by Gasteiger charge is -2.12. The van der Waals surface area contributed by atoms with Crippen LogP contribution in [0.15, 0.2) is 35.5 Å². The van der Waals surface area contributed by atoms with Gasteiger partial charge in [0.15, 0.2) is 11.6 Å². The Hall–Kier alpha value is -2.67. The lowest BCUT2D eigenvalue weighted by atomic mass is 10.0. The number of hydrogen-bond acceptors (Lipinski definition) is 5. The standard InChI is InChI=1S/C16H12ClF2NO4/c1-8(21)24-20-15(9-4-3-5-11(18)14(9)19)10-6-7-12(23-2)13(17)16(10)22/h3-7,22H,1-2H3/b20-15+. The predicted octanol–water partition coefficient (Wildman–Crippen LogP) is 3.65. The number of methoxy groups -OCH3 is 1. The van der Waals surface area contributed by atoms with Crippen molar-refractivity contribution in [1.82, 2.24) is 0 Å². The summed E-state index contributed by atoms with van der Waals surface area (Å²) in [7, 11) is 1.35. The number of carbonyl (C=O) groups is 1. The second kappa shape index (κ2) is 7.27. The molecule has 0 radical (unpaired) electrons. The maximum Gasteiger partial charge on any atom is 0.332 e. The zero-order valence-electron chi connectivity index (χ0n) is 12.6. The average Bonchev–Trinajstić information content (AvgIpc) is 2.55. The van der Waals surface area contributed by atoms with E-state index in [0.717, 1.165) is 13.0 Å². The Morgan fingerprint density at radius 3 is 2.54 bits per heavy atom. The van der Waals surface area contributed by atoms with Crippen molar-refractivity contribution in [3.63, 3.8) is 0 Å². The molecular formula is C16H12ClF2NO4. The first-order chi connectivity index (χ1) is 11.4. The number of oxime groups is 1. The molecule has 5 nitrogen and oxygen atoms in total. The summed E-state index contributed by atoms with van der Waals surface area (Å²) >= 11 is 5.96. The highest BCUT2D eigenvalue weighted by atomic mass is 35.5. The number of phenolic OH excluding ortho intramolecular Hbond substituents is 1. The summed E-state index contributed by atoms with van der Waals surface area (Å²) in [6.07, 6.45) is 0. The fraction of sp³-hybridized carbons (Fsp3) is 0.125. The maximum absolute atomic E-state index is 14.1. The Bertz CT molecular complexity index is 824. The lowest BCUT2D eigenvalue weighted by Crippen LogP contribution is -2.10. The van der Waals surface area contributed by atoms with Crippen molar-refractivity contribution in [3.05, 3.63) is 58.1 Å². The minimum Gasteiger partial charge on any atom is -0.506 e. The minimum absolute atomic E-state index is 0.0634. The highest BCUT2D eigenvalue weighted by molar-refractivity contribution is 6.34. The number of benzene rings is 2. The Morgan fingerprint density at radius 2 is 1.92 bits per heavy atom. The predicted molar refractivity (Wildman–Crippen MR) is 83.4 cm³/mol. The lowest BCUT2D eigenvalue weighted by molar-refractivity contribution is -0.140. The van der Waals surface area contributed by atoms with Crippen molar-refractivity contribution < 1.29 is 28.3 Å². The smallest absolute Gasteiger partial charge is 0.332 e. The van der Waals surface area contributed by atoms with Gasteiger partial charge in [0.2, 0.25) is 0 Å². The summed E-state index contributed by atoms with van der Waals surface area (Å²) in [6.45, 7) is 1.09. The van der Waals surface area contributed by atoms with Gasteiger partial charge in [-0.05, 0) is 24.3 Å². The summed E-state index contributed by atoms with van der Waals surface area (Å²) < 4.78 is 32.6. The van der Waals surface area contributed by atoms with Crippen molar-refractivity contribution in [3.8, 4) is 11.5 Å². The van der Waals surface area contributed by atoms with Crippen molar-refractivity contribution in [2.24, 2.45) is 5.16 Å². The van der Waals surface area contributed by atoms with Crippen LogP contribution >= 0.6 is 11.6 Å². The first-order valence-electron chi connectivity index (χ1n) is 6.62. The van der Waals surface area contributed by atoms with Crippen LogP contribution in [0.3, 0.4) is 0 Å². The fourth-order valence-corrected chi connectivity index (χ4v) is 2.18. The van der Waals surface area contributed by atoms with Crippen LogP contribution in [0.2, 0.25) is 5.02 Å². The molecule has 0 amide bonds. The molecule has 0 saturated heterocycles. The van der Waals surface area contributed by atoms with E-state index in [9.17, 15) is 18.7 Å². The van der Waals surface area contributed by atoms with Crippen molar-refractivity contribution in [1.29, 1.82) is 0 Å². The van der Waals surface area contributed by atoms with E-state index in [-0.39, 0.29) is 27.6 Å². The van der Waals surface area contributed by atoms with Gasteiger partial charge in [0, 0.05) is 18.1 Å². The third kappa shape index (κ3) is 3.46. The number of carbonyl (C=O) groups excluding carboxylic acids is 1. The van der Waals surface area contributed by atoms with Gasteiger partial charge in [0.05, 0.1) is 7.11 Å². The zero-order chi connectivity index (χ0) is 17.9. The van der Waals surface area contributed by atoms with Crippen molar-refractivity contribution >= 4 is 23.3 Å². The second-order valence-electron chi connectivity index (χ2n) is 4.60. The Morgan fingerprint density at radius 1 is 1.21 bits per heavy atom. The Labute approximate surface area is 141 Å². The highest BCUT2D eigenvalue weighted by Crippen LogP contribution is 2.37. The van der Waals surface area contributed by atoms with Crippen LogP contribution in [0, 0.1) is 11.6 Å². The molecule has 0 bridgehead atoms. The van der Waals surface area contributed by atoms with Crippen molar-refractivity contribution in [2.75, 3.05) is 7.11 Å². The largest absolute Gasteiger partial charge is 0.506 e. The summed E-state index contributed by atoms with van der Waals surface area (Å²) in [5.41, 5.74) is -0.677. The van der Waals surface area contributed by atoms with Crippen molar-refractivity contribution in [2.45, 2.75) is 6.92 Å². The molecule has 0 aliphatic carbocycles. The van der Waals surface area contributed by atoms with E-state index in [0.29, 0.717) is 0 Å². The minimum atomic E-state index is -1.21. The Kier molecular flexibility index (Phi) is 5.35. The van der Waals surface area contributed by atoms with Gasteiger partial charge in [-0.2, -0.15) is 0 Å². The molecule has 126 valence electrons. The number of aromatic hydroxyl groups is 1. The molecule has 0 saturated carbocycles. The van der Waals surface area contributed by atoms with E-state index in [1.165, 1.54) is 31.4 Å². The molecule has 0 unspecified atom stereocenters. The van der Waals surface area contributed by atoms with Crippen LogP contribution in [0.25, 0.3) is 0 Å². The highest BCUT2D eigenvalue weighted by Gasteiger charge is 2.22. The number of ether oxygens (including phenoxy) is 1. The number of phenols is 1. The van der Waals surface area contributed by atoms with Crippen LogP contribution in [0.4, 0.5) is 8.78 Å². The van der Waals surface area contributed by atoms with Gasteiger partial charge in [0.25, 0.3) is 0 Å². The maximum atomic E-state index is 14.1. The summed E-state index contributed by atoms with van der Waals surface area (Å²) in [5, 5.41) is 13.6. The van der Waals surface area contributed by atoms with Gasteiger partial charge in [-0.25, -0.2) is 13.6 Å². The molecular weight excluding hydrogens is 344 g/mol. The van der Waals surface area contributed by atoms with Gasteiger partial charge in [-0.15, -0.1) is 0 Å². The van der Waals surface area contributed by atoms with Crippen LogP contribution in [0.1, 0.15) is 18.1 Å². The molecule has 0 spiro atoms. The summed E-state index contributed by atoms with van der Waals surface area (Å²) in [4.78, 5) is 15.5. The van der Waals surface area contributed by atoms with Crippen LogP contribution in [-0.2, 0) is 9.63 Å². The molecule has 0 atom stereocenters. The summed E-state index contributed by atoms with van der Waals surface area (Å²) in [5.74, 6) is -3.42. The molecule has 0 aliphatic heterocycles. The molecule has 0 heterocycles. The second-order valence-corrected chi connectivity index (χ2v) is 4.98. The summed E-state index contributed by atoms with van der Waals surface area (Å²) in [6, 6.07) is 6.12. The molecule has 2 aromatic rings.